The van der Waals surface area contributed by atoms with E-state index in [-0.39, 0.29) is 17.6 Å². The monoisotopic (exact) mass is 575 g/mol. The number of amides is 1. The molecule has 1 saturated carbocycles. The highest BCUT2D eigenvalue weighted by Crippen LogP contribution is 2.34. The van der Waals surface area contributed by atoms with E-state index >= 15 is 0 Å². The zero-order valence-electron chi connectivity index (χ0n) is 23.8. The number of aromatic amines is 2. The first-order valence-electron chi connectivity index (χ1n) is 14.2. The average Bonchev–Trinajstić information content (AvgIpc) is 3.62. The molecule has 6 aromatic rings. The van der Waals surface area contributed by atoms with E-state index in [1.807, 2.05) is 56.6 Å². The van der Waals surface area contributed by atoms with Crippen LogP contribution in [0.2, 0.25) is 0 Å². The van der Waals surface area contributed by atoms with E-state index in [0.29, 0.717) is 46.2 Å². The number of halogens is 1. The number of hydrogen-bond donors (Lipinski definition) is 4. The van der Waals surface area contributed by atoms with E-state index in [0.717, 1.165) is 47.1 Å². The molecule has 0 saturated heterocycles. The number of para-hydroxylation sites is 1. The topological polar surface area (TPSA) is 128 Å². The Morgan fingerprint density at radius 2 is 1.84 bits per heavy atom. The van der Waals surface area contributed by atoms with Crippen molar-refractivity contribution in [1.82, 2.24) is 35.0 Å². The molecular formula is C32H30FN9O. The van der Waals surface area contributed by atoms with Gasteiger partial charge in [0, 0.05) is 42.0 Å². The Kier molecular flexibility index (Phi) is 6.78. The van der Waals surface area contributed by atoms with E-state index in [2.05, 4.69) is 35.7 Å². The van der Waals surface area contributed by atoms with Gasteiger partial charge in [-0.25, -0.2) is 14.4 Å². The summed E-state index contributed by atoms with van der Waals surface area (Å²) in [4.78, 5) is 31.8. The van der Waals surface area contributed by atoms with Crippen molar-refractivity contribution in [1.29, 1.82) is 0 Å². The number of likely N-dealkylation sites (N-methyl/N-ethyl adjacent to an activating group) is 1. The molecule has 1 amide bonds. The smallest absolute Gasteiger partial charge is 0.227 e. The minimum Gasteiger partial charge on any atom is -0.384 e. The molecule has 4 heterocycles. The zero-order valence-corrected chi connectivity index (χ0v) is 23.8. The van der Waals surface area contributed by atoms with Crippen LogP contribution in [-0.4, -0.2) is 68.1 Å². The molecule has 4 N–H and O–H groups in total. The van der Waals surface area contributed by atoms with Crippen LogP contribution < -0.4 is 10.6 Å². The van der Waals surface area contributed by atoms with Crippen LogP contribution in [0.5, 0.6) is 0 Å². The van der Waals surface area contributed by atoms with Gasteiger partial charge >= 0.3 is 0 Å². The van der Waals surface area contributed by atoms with Crippen LogP contribution in [0.4, 0.5) is 15.8 Å². The summed E-state index contributed by atoms with van der Waals surface area (Å²) in [5.74, 6) is 0.350. The molecule has 0 unspecified atom stereocenters. The molecule has 1 aliphatic carbocycles. The number of aromatic nitrogens is 6. The lowest BCUT2D eigenvalue weighted by Crippen LogP contribution is -2.20. The van der Waals surface area contributed by atoms with Gasteiger partial charge in [-0.05, 0) is 75.0 Å². The van der Waals surface area contributed by atoms with Crippen LogP contribution in [0.3, 0.4) is 0 Å². The summed E-state index contributed by atoms with van der Waals surface area (Å²) in [6, 6.07) is 16.4. The normalized spacial score (nSPS) is 13.2. The molecule has 0 aliphatic heterocycles. The number of hydrogen-bond acceptors (Lipinski definition) is 7. The zero-order chi connectivity index (χ0) is 29.5. The lowest BCUT2D eigenvalue weighted by Gasteiger charge is -2.13. The molecule has 216 valence electrons. The van der Waals surface area contributed by atoms with E-state index in [1.165, 1.54) is 12.1 Å². The van der Waals surface area contributed by atoms with Crippen molar-refractivity contribution in [2.24, 2.45) is 5.92 Å². The number of fused-ring (bicyclic) bond motifs is 2. The van der Waals surface area contributed by atoms with Gasteiger partial charge in [0.1, 0.15) is 11.3 Å². The minimum atomic E-state index is -0.321. The first-order valence-corrected chi connectivity index (χ1v) is 14.2. The molecule has 2 aromatic carbocycles. The number of nitrogens with one attached hydrogen (secondary N) is 4. The Labute approximate surface area is 246 Å². The second-order valence-corrected chi connectivity index (χ2v) is 11.1. The van der Waals surface area contributed by atoms with Gasteiger partial charge in [0.15, 0.2) is 11.5 Å². The van der Waals surface area contributed by atoms with Gasteiger partial charge in [0.05, 0.1) is 34.1 Å². The molecule has 1 aliphatic rings. The van der Waals surface area contributed by atoms with Crippen molar-refractivity contribution in [3.8, 4) is 33.9 Å². The van der Waals surface area contributed by atoms with Gasteiger partial charge in [-0.1, -0.05) is 12.1 Å². The average molecular weight is 576 g/mol. The molecule has 43 heavy (non-hydrogen) atoms. The lowest BCUT2D eigenvalue weighted by atomic mass is 10.0. The summed E-state index contributed by atoms with van der Waals surface area (Å²) in [6.45, 7) is 1.53. The Morgan fingerprint density at radius 3 is 2.67 bits per heavy atom. The van der Waals surface area contributed by atoms with Gasteiger partial charge < -0.3 is 20.5 Å². The molecule has 7 rings (SSSR count). The molecule has 1 fully saturated rings. The quantitative estimate of drug-likeness (QED) is 0.174. The highest BCUT2D eigenvalue weighted by atomic mass is 19.1. The largest absolute Gasteiger partial charge is 0.384 e. The minimum absolute atomic E-state index is 0.0267. The summed E-state index contributed by atoms with van der Waals surface area (Å²) in [7, 11) is 4.00. The molecule has 0 radical (unpaired) electrons. The third kappa shape index (κ3) is 5.54. The van der Waals surface area contributed by atoms with Gasteiger partial charge in [-0.15, -0.1) is 0 Å². The second kappa shape index (κ2) is 10.9. The fourth-order valence-electron chi connectivity index (χ4n) is 5.11. The lowest BCUT2D eigenvalue weighted by molar-refractivity contribution is -0.117. The number of rotatable bonds is 9. The highest BCUT2D eigenvalue weighted by Gasteiger charge is 2.29. The number of carbonyl (C=O) groups excluding carboxylic acids is 1. The first-order chi connectivity index (χ1) is 20.9. The Bertz CT molecular complexity index is 1980. The summed E-state index contributed by atoms with van der Waals surface area (Å²) in [6.07, 6.45) is 5.22. The van der Waals surface area contributed by atoms with Crippen molar-refractivity contribution in [3.63, 3.8) is 0 Å². The summed E-state index contributed by atoms with van der Waals surface area (Å²) < 4.78 is 14.7. The van der Waals surface area contributed by atoms with Crippen molar-refractivity contribution in [2.75, 3.05) is 37.8 Å². The molecule has 0 spiro atoms. The molecule has 10 nitrogen and oxygen atoms in total. The number of carbonyl (C=O) groups is 1. The number of pyridine rings is 2. The van der Waals surface area contributed by atoms with Gasteiger partial charge in [0.25, 0.3) is 0 Å². The fourth-order valence-corrected chi connectivity index (χ4v) is 5.11. The van der Waals surface area contributed by atoms with Crippen LogP contribution >= 0.6 is 0 Å². The molecular weight excluding hydrogens is 545 g/mol. The van der Waals surface area contributed by atoms with Gasteiger partial charge in [-0.2, -0.15) is 5.10 Å². The SMILES string of the molecule is CN(C)CCNc1cc(F)cc(-c2cccc3[nH]c(-c4n[nH]c5ccc(-c6cncc(NC(=O)C7CC7)c6)nc45)nc23)c1. The third-order valence-electron chi connectivity index (χ3n) is 7.49. The van der Waals surface area contributed by atoms with E-state index in [9.17, 15) is 9.18 Å². The van der Waals surface area contributed by atoms with Crippen LogP contribution in [0.15, 0.2) is 67.0 Å². The second-order valence-electron chi connectivity index (χ2n) is 11.1. The number of imidazole rings is 1. The molecule has 0 atom stereocenters. The van der Waals surface area contributed by atoms with Crippen molar-refractivity contribution in [2.45, 2.75) is 12.8 Å². The van der Waals surface area contributed by atoms with Crippen molar-refractivity contribution >= 4 is 39.3 Å². The Balaban J connectivity index is 1.23. The number of nitrogens with zero attached hydrogens (tertiary/aromatic N) is 5. The fraction of sp³-hybridized carbons (Fsp3) is 0.219. The molecule has 11 heteroatoms. The molecule has 4 aromatic heterocycles. The number of H-pyrrole nitrogens is 2. The highest BCUT2D eigenvalue weighted by molar-refractivity contribution is 5.97. The number of anilines is 2. The van der Waals surface area contributed by atoms with Crippen LogP contribution in [0.1, 0.15) is 12.8 Å². The Morgan fingerprint density at radius 1 is 0.977 bits per heavy atom. The third-order valence-corrected chi connectivity index (χ3v) is 7.49. The summed E-state index contributed by atoms with van der Waals surface area (Å²) >= 11 is 0. The summed E-state index contributed by atoms with van der Waals surface area (Å²) in [5.41, 5.74) is 7.82. The van der Waals surface area contributed by atoms with Crippen LogP contribution in [0.25, 0.3) is 56.0 Å². The predicted octanol–water partition coefficient (Wildman–Crippen LogP) is 5.69. The van der Waals surface area contributed by atoms with Gasteiger partial charge in [-0.3, -0.25) is 14.9 Å². The van der Waals surface area contributed by atoms with E-state index in [4.69, 9.17) is 9.97 Å². The van der Waals surface area contributed by atoms with Crippen molar-refractivity contribution < 1.29 is 9.18 Å². The van der Waals surface area contributed by atoms with Gasteiger partial charge in [0.2, 0.25) is 5.91 Å². The van der Waals surface area contributed by atoms with Crippen molar-refractivity contribution in [3.05, 3.63) is 72.8 Å². The van der Waals surface area contributed by atoms with E-state index in [1.54, 1.807) is 12.4 Å². The summed E-state index contributed by atoms with van der Waals surface area (Å²) in [5, 5.41) is 13.8. The number of benzene rings is 2. The maximum Gasteiger partial charge on any atom is 0.227 e. The maximum absolute atomic E-state index is 14.7. The first kappa shape index (κ1) is 26.7. The van der Waals surface area contributed by atoms with E-state index < -0.39 is 0 Å². The predicted molar refractivity (Wildman–Crippen MR) is 166 cm³/mol. The Hall–Kier alpha value is -5.16. The standard InChI is InChI=1S/C32H30FN9O/c1-42(2)11-10-35-22-13-19(12-21(33)15-22)24-4-3-5-26-28(24)39-31(38-26)30-29-27(40-41-30)9-8-25(37-29)20-14-23(17-34-16-20)36-32(43)18-6-7-18/h3-5,8-9,12-18,35H,6-7,10-11H2,1-2H3,(H,36,43)(H,38,39)(H,40,41). The van der Waals surface area contributed by atoms with Crippen LogP contribution in [-0.2, 0) is 4.79 Å². The van der Waals surface area contributed by atoms with Crippen LogP contribution in [0, 0.1) is 11.7 Å². The molecule has 0 bridgehead atoms. The maximum atomic E-state index is 14.7.